The highest BCUT2D eigenvalue weighted by Gasteiger charge is 2.03. The zero-order valence-corrected chi connectivity index (χ0v) is 16.6. The molecule has 148 valence electrons. The molecule has 0 fully saturated rings. The van der Waals surface area contributed by atoms with E-state index >= 15 is 0 Å². The Morgan fingerprint density at radius 1 is 0.964 bits per heavy atom. The fraction of sp³-hybridized carbons (Fsp3) is 0.350. The van der Waals surface area contributed by atoms with E-state index in [9.17, 15) is 0 Å². The number of halogens is 1. The van der Waals surface area contributed by atoms with Crippen molar-refractivity contribution < 1.29 is 5.11 Å². The summed E-state index contributed by atoms with van der Waals surface area (Å²) in [6, 6.07) is 9.63. The van der Waals surface area contributed by atoms with Crippen LogP contribution in [0.5, 0.6) is 0 Å². The summed E-state index contributed by atoms with van der Waals surface area (Å²) in [5.74, 6) is 1.37. The van der Waals surface area contributed by atoms with Crippen LogP contribution in [0.1, 0.15) is 18.5 Å². The molecule has 4 N–H and O–H groups in total. The quantitative estimate of drug-likeness (QED) is 0.385. The molecule has 0 aliphatic rings. The maximum atomic E-state index is 8.86. The monoisotopic (exact) mass is 400 g/mol. The van der Waals surface area contributed by atoms with Crippen molar-refractivity contribution in [2.24, 2.45) is 0 Å². The van der Waals surface area contributed by atoms with E-state index in [1.54, 1.807) is 6.20 Å². The van der Waals surface area contributed by atoms with Crippen LogP contribution >= 0.6 is 11.6 Å². The van der Waals surface area contributed by atoms with Crippen LogP contribution in [-0.2, 0) is 0 Å². The van der Waals surface area contributed by atoms with Crippen LogP contribution in [0.25, 0.3) is 10.9 Å². The molecule has 2 heterocycles. The molecule has 0 amide bonds. The minimum atomic E-state index is 0.150. The van der Waals surface area contributed by atoms with Gasteiger partial charge in [0.1, 0.15) is 5.82 Å². The molecule has 28 heavy (non-hydrogen) atoms. The molecule has 0 saturated heterocycles. The van der Waals surface area contributed by atoms with E-state index in [1.807, 2.05) is 37.3 Å². The molecule has 2 aromatic heterocycles. The van der Waals surface area contributed by atoms with Gasteiger partial charge in [0, 0.05) is 60.3 Å². The third-order valence-corrected chi connectivity index (χ3v) is 4.39. The molecule has 0 radical (unpaired) electrons. The predicted octanol–water partition coefficient (Wildman–Crippen LogP) is 3.70. The third kappa shape index (κ3) is 5.68. The molecule has 3 rings (SSSR count). The molecule has 0 bridgehead atoms. The normalized spacial score (nSPS) is 10.8. The Kier molecular flexibility index (Phi) is 7.22. The number of aryl methyl sites for hydroxylation is 1. The van der Waals surface area contributed by atoms with Gasteiger partial charge in [0.05, 0.1) is 5.52 Å². The average molecular weight is 401 g/mol. The van der Waals surface area contributed by atoms with Gasteiger partial charge in [-0.2, -0.15) is 4.98 Å². The Labute approximate surface area is 169 Å². The Morgan fingerprint density at radius 3 is 2.64 bits per heavy atom. The van der Waals surface area contributed by atoms with Crippen LogP contribution in [0.2, 0.25) is 5.02 Å². The molecule has 8 heteroatoms. The van der Waals surface area contributed by atoms with Crippen LogP contribution in [0.3, 0.4) is 0 Å². The van der Waals surface area contributed by atoms with Gasteiger partial charge in [0.2, 0.25) is 5.95 Å². The van der Waals surface area contributed by atoms with Crippen molar-refractivity contribution in [3.63, 3.8) is 0 Å². The second-order valence-corrected chi connectivity index (χ2v) is 6.89. The van der Waals surface area contributed by atoms with Gasteiger partial charge >= 0.3 is 0 Å². The van der Waals surface area contributed by atoms with Crippen molar-refractivity contribution in [2.75, 3.05) is 42.2 Å². The molecule has 1 aromatic carbocycles. The molecule has 0 aliphatic heterocycles. The first-order chi connectivity index (χ1) is 13.7. The first kappa shape index (κ1) is 20.1. The highest BCUT2D eigenvalue weighted by atomic mass is 35.5. The van der Waals surface area contributed by atoms with Crippen LogP contribution < -0.4 is 16.0 Å². The third-order valence-electron chi connectivity index (χ3n) is 4.15. The standard InChI is InChI=1S/C20H25ClN6O/c1-14-12-19(27-20(26-14)25-9-3-11-28)24-8-2-7-22-17-6-10-23-18-13-15(21)4-5-16(17)18/h4-6,10,12-13,28H,2-3,7-9,11H2,1H3,(H,22,23)(H2,24,25,26,27). The molecule has 0 atom stereocenters. The number of anilines is 3. The zero-order chi connectivity index (χ0) is 19.8. The Balaban J connectivity index is 1.49. The first-order valence-corrected chi connectivity index (χ1v) is 9.76. The minimum Gasteiger partial charge on any atom is -0.396 e. The molecule has 0 spiro atoms. The fourth-order valence-electron chi connectivity index (χ4n) is 2.82. The van der Waals surface area contributed by atoms with Gasteiger partial charge in [-0.25, -0.2) is 4.98 Å². The molecule has 0 aliphatic carbocycles. The highest BCUT2D eigenvalue weighted by molar-refractivity contribution is 6.31. The summed E-state index contributed by atoms with van der Waals surface area (Å²) in [6.07, 6.45) is 3.38. The molecule has 0 saturated carbocycles. The summed E-state index contributed by atoms with van der Waals surface area (Å²) < 4.78 is 0. The molecule has 7 nitrogen and oxygen atoms in total. The Hall–Kier alpha value is -2.64. The topological polar surface area (TPSA) is 95.0 Å². The number of pyridine rings is 1. The lowest BCUT2D eigenvalue weighted by Gasteiger charge is -2.11. The van der Waals surface area contributed by atoms with E-state index < -0.39 is 0 Å². The maximum absolute atomic E-state index is 8.86. The number of nitrogens with one attached hydrogen (secondary N) is 3. The number of aliphatic hydroxyl groups excluding tert-OH is 1. The van der Waals surface area contributed by atoms with E-state index in [4.69, 9.17) is 16.7 Å². The number of aromatic nitrogens is 3. The van der Waals surface area contributed by atoms with Crippen molar-refractivity contribution in [3.05, 3.63) is 47.2 Å². The summed E-state index contributed by atoms with van der Waals surface area (Å²) in [6.45, 7) is 4.34. The smallest absolute Gasteiger partial charge is 0.224 e. The van der Waals surface area contributed by atoms with Gasteiger partial charge in [-0.1, -0.05) is 11.6 Å². The summed E-state index contributed by atoms with van der Waals surface area (Å²) in [5, 5.41) is 20.5. The summed E-state index contributed by atoms with van der Waals surface area (Å²) >= 11 is 6.04. The maximum Gasteiger partial charge on any atom is 0.224 e. The number of benzene rings is 1. The predicted molar refractivity (Wildman–Crippen MR) is 115 cm³/mol. The van der Waals surface area contributed by atoms with Crippen molar-refractivity contribution >= 4 is 40.0 Å². The van der Waals surface area contributed by atoms with Gasteiger partial charge in [0.25, 0.3) is 0 Å². The van der Waals surface area contributed by atoms with Gasteiger partial charge in [-0.3, -0.25) is 4.98 Å². The first-order valence-electron chi connectivity index (χ1n) is 9.38. The van der Waals surface area contributed by atoms with Gasteiger partial charge in [-0.05, 0) is 44.0 Å². The number of fused-ring (bicyclic) bond motifs is 1. The number of hydrogen-bond acceptors (Lipinski definition) is 7. The average Bonchev–Trinajstić information content (AvgIpc) is 2.67. The summed E-state index contributed by atoms with van der Waals surface area (Å²) in [4.78, 5) is 13.2. The van der Waals surface area contributed by atoms with E-state index in [0.717, 1.165) is 47.6 Å². The lowest BCUT2D eigenvalue weighted by atomic mass is 10.2. The van der Waals surface area contributed by atoms with Crippen molar-refractivity contribution in [3.8, 4) is 0 Å². The molecule has 0 unspecified atom stereocenters. The van der Waals surface area contributed by atoms with Gasteiger partial charge < -0.3 is 21.1 Å². The minimum absolute atomic E-state index is 0.150. The zero-order valence-electron chi connectivity index (χ0n) is 15.9. The van der Waals surface area contributed by atoms with Crippen LogP contribution in [0.4, 0.5) is 17.5 Å². The van der Waals surface area contributed by atoms with E-state index in [2.05, 4.69) is 30.9 Å². The lowest BCUT2D eigenvalue weighted by molar-refractivity contribution is 0.292. The van der Waals surface area contributed by atoms with Crippen LogP contribution in [0, 0.1) is 6.92 Å². The SMILES string of the molecule is Cc1cc(NCCCNc2ccnc3cc(Cl)ccc23)nc(NCCCO)n1. The highest BCUT2D eigenvalue weighted by Crippen LogP contribution is 2.24. The second-order valence-electron chi connectivity index (χ2n) is 6.45. The van der Waals surface area contributed by atoms with Gasteiger partial charge in [-0.15, -0.1) is 0 Å². The van der Waals surface area contributed by atoms with E-state index in [1.165, 1.54) is 0 Å². The molecular weight excluding hydrogens is 376 g/mol. The Bertz CT molecular complexity index is 920. The largest absolute Gasteiger partial charge is 0.396 e. The lowest BCUT2D eigenvalue weighted by Crippen LogP contribution is -2.12. The van der Waals surface area contributed by atoms with Crippen molar-refractivity contribution in [2.45, 2.75) is 19.8 Å². The van der Waals surface area contributed by atoms with Crippen molar-refractivity contribution in [1.82, 2.24) is 15.0 Å². The Morgan fingerprint density at radius 2 is 1.79 bits per heavy atom. The van der Waals surface area contributed by atoms with Crippen LogP contribution in [-0.4, -0.2) is 46.3 Å². The number of aliphatic hydroxyl groups is 1. The fourth-order valence-corrected chi connectivity index (χ4v) is 2.99. The number of nitrogens with zero attached hydrogens (tertiary/aromatic N) is 3. The number of hydrogen-bond donors (Lipinski definition) is 4. The number of rotatable bonds is 10. The second kappa shape index (κ2) is 10.1. The summed E-state index contributed by atoms with van der Waals surface area (Å²) in [5.41, 5.74) is 2.83. The van der Waals surface area contributed by atoms with Gasteiger partial charge in [0.15, 0.2) is 0 Å². The van der Waals surface area contributed by atoms with E-state index in [-0.39, 0.29) is 6.61 Å². The molecular formula is C20H25ClN6O. The van der Waals surface area contributed by atoms with E-state index in [0.29, 0.717) is 23.9 Å². The van der Waals surface area contributed by atoms with Crippen molar-refractivity contribution in [1.29, 1.82) is 0 Å². The van der Waals surface area contributed by atoms with Crippen LogP contribution in [0.15, 0.2) is 36.5 Å². The summed E-state index contributed by atoms with van der Waals surface area (Å²) in [7, 11) is 0. The molecule has 3 aromatic rings.